The number of imide groups is 1. The fourth-order valence-electron chi connectivity index (χ4n) is 3.31. The summed E-state index contributed by atoms with van der Waals surface area (Å²) in [5.41, 5.74) is 0. The van der Waals surface area contributed by atoms with Crippen LogP contribution >= 0.6 is 0 Å². The van der Waals surface area contributed by atoms with Gasteiger partial charge in [0, 0.05) is 38.2 Å². The van der Waals surface area contributed by atoms with Crippen LogP contribution in [0.2, 0.25) is 0 Å². The highest BCUT2D eigenvalue weighted by atomic mass is 32.2. The van der Waals surface area contributed by atoms with Crippen molar-refractivity contribution in [3.05, 3.63) is 18.1 Å². The molecule has 0 saturated carbocycles. The number of rotatable bonds is 6. The molecule has 0 spiro atoms. The molecule has 1 unspecified atom stereocenters. The standard InChI is InChI=1S/C17H24N4O5S/c1-13-18-8-7-15(19-13)26-14-4-3-9-20(12-14)27(24,25)11-10-21-16(22)5-2-6-17(21)23/h7-8,14H,2-6,9-12H2,1H3. The van der Waals surface area contributed by atoms with Gasteiger partial charge >= 0.3 is 0 Å². The van der Waals surface area contributed by atoms with Crippen molar-refractivity contribution in [2.75, 3.05) is 25.4 Å². The summed E-state index contributed by atoms with van der Waals surface area (Å²) in [7, 11) is -3.59. The van der Waals surface area contributed by atoms with Gasteiger partial charge < -0.3 is 4.74 Å². The monoisotopic (exact) mass is 396 g/mol. The summed E-state index contributed by atoms with van der Waals surface area (Å²) in [6, 6.07) is 1.65. The van der Waals surface area contributed by atoms with Crippen molar-refractivity contribution in [2.24, 2.45) is 0 Å². The topological polar surface area (TPSA) is 110 Å². The Balaban J connectivity index is 1.59. The average molecular weight is 396 g/mol. The second kappa shape index (κ2) is 8.30. The first-order valence-corrected chi connectivity index (χ1v) is 10.7. The maximum Gasteiger partial charge on any atom is 0.229 e. The Morgan fingerprint density at radius 3 is 2.67 bits per heavy atom. The van der Waals surface area contributed by atoms with Crippen molar-refractivity contribution in [3.63, 3.8) is 0 Å². The number of ether oxygens (including phenoxy) is 1. The van der Waals surface area contributed by atoms with E-state index in [9.17, 15) is 18.0 Å². The molecule has 10 heteroatoms. The van der Waals surface area contributed by atoms with Gasteiger partial charge in [0.05, 0.1) is 12.3 Å². The summed E-state index contributed by atoms with van der Waals surface area (Å²) in [6.07, 6.45) is 3.85. The lowest BCUT2D eigenvalue weighted by molar-refractivity contribution is -0.147. The molecule has 0 N–H and O–H groups in total. The molecule has 1 aromatic heterocycles. The van der Waals surface area contributed by atoms with Gasteiger partial charge in [0.2, 0.25) is 27.7 Å². The Bertz CT molecular complexity index is 797. The second-order valence-electron chi connectivity index (χ2n) is 6.79. The van der Waals surface area contributed by atoms with Gasteiger partial charge in [-0.3, -0.25) is 14.5 Å². The van der Waals surface area contributed by atoms with Gasteiger partial charge in [-0.05, 0) is 26.2 Å². The zero-order chi connectivity index (χ0) is 19.4. The fraction of sp³-hybridized carbons (Fsp3) is 0.647. The van der Waals surface area contributed by atoms with E-state index in [4.69, 9.17) is 4.74 Å². The smallest absolute Gasteiger partial charge is 0.229 e. The highest BCUT2D eigenvalue weighted by Crippen LogP contribution is 2.20. The van der Waals surface area contributed by atoms with E-state index in [1.165, 1.54) is 4.31 Å². The number of nitrogens with zero attached hydrogens (tertiary/aromatic N) is 4. The van der Waals surface area contributed by atoms with E-state index in [2.05, 4.69) is 9.97 Å². The number of hydrogen-bond acceptors (Lipinski definition) is 7. The van der Waals surface area contributed by atoms with Crippen molar-refractivity contribution >= 4 is 21.8 Å². The number of aromatic nitrogens is 2. The Morgan fingerprint density at radius 1 is 1.22 bits per heavy atom. The maximum absolute atomic E-state index is 12.7. The number of carbonyl (C=O) groups excluding carboxylic acids is 2. The molecule has 2 aliphatic rings. The van der Waals surface area contributed by atoms with Gasteiger partial charge in [0.1, 0.15) is 11.9 Å². The molecule has 148 valence electrons. The molecule has 1 aromatic rings. The largest absolute Gasteiger partial charge is 0.473 e. The van der Waals surface area contributed by atoms with Crippen LogP contribution < -0.4 is 4.74 Å². The molecule has 0 aliphatic carbocycles. The van der Waals surface area contributed by atoms with E-state index in [0.717, 1.165) is 11.3 Å². The summed E-state index contributed by atoms with van der Waals surface area (Å²) in [5, 5.41) is 0. The van der Waals surface area contributed by atoms with E-state index in [-0.39, 0.29) is 36.8 Å². The van der Waals surface area contributed by atoms with Gasteiger partial charge in [0.25, 0.3) is 0 Å². The zero-order valence-electron chi connectivity index (χ0n) is 15.3. The third-order valence-electron chi connectivity index (χ3n) is 4.73. The molecule has 1 atom stereocenters. The average Bonchev–Trinajstić information content (AvgIpc) is 2.61. The Kier molecular flexibility index (Phi) is 6.05. The van der Waals surface area contributed by atoms with Crippen molar-refractivity contribution in [3.8, 4) is 5.88 Å². The quantitative estimate of drug-likeness (QED) is 0.644. The van der Waals surface area contributed by atoms with Crippen LogP contribution in [0.3, 0.4) is 0 Å². The van der Waals surface area contributed by atoms with Gasteiger partial charge in [-0.2, -0.15) is 9.29 Å². The minimum Gasteiger partial charge on any atom is -0.473 e. The summed E-state index contributed by atoms with van der Waals surface area (Å²) in [6.45, 7) is 2.31. The number of amides is 2. The highest BCUT2D eigenvalue weighted by molar-refractivity contribution is 7.89. The first-order chi connectivity index (χ1) is 12.8. The molecular formula is C17H24N4O5S. The Labute approximate surface area is 158 Å². The minimum absolute atomic E-state index is 0.0902. The molecule has 0 radical (unpaired) electrons. The SMILES string of the molecule is Cc1nccc(OC2CCCN(S(=O)(=O)CCN3C(=O)CCCC3=O)C2)n1. The molecule has 2 aliphatic heterocycles. The third kappa shape index (κ3) is 5.01. The van der Waals surface area contributed by atoms with Gasteiger partial charge in [-0.15, -0.1) is 0 Å². The van der Waals surface area contributed by atoms with Crippen LogP contribution in [0.4, 0.5) is 0 Å². The van der Waals surface area contributed by atoms with E-state index in [1.54, 1.807) is 19.2 Å². The lowest BCUT2D eigenvalue weighted by Gasteiger charge is -2.32. The Morgan fingerprint density at radius 2 is 1.96 bits per heavy atom. The van der Waals surface area contributed by atoms with Crippen LogP contribution in [0.15, 0.2) is 12.3 Å². The van der Waals surface area contributed by atoms with Crippen molar-refractivity contribution < 1.29 is 22.7 Å². The van der Waals surface area contributed by atoms with Gasteiger partial charge in [-0.25, -0.2) is 13.4 Å². The number of carbonyl (C=O) groups is 2. The van der Waals surface area contributed by atoms with Gasteiger partial charge in [0.15, 0.2) is 0 Å². The van der Waals surface area contributed by atoms with Crippen molar-refractivity contribution in [1.82, 2.24) is 19.2 Å². The zero-order valence-corrected chi connectivity index (χ0v) is 16.2. The Hall–Kier alpha value is -2.07. The van der Waals surface area contributed by atoms with Crippen LogP contribution in [0.1, 0.15) is 37.9 Å². The van der Waals surface area contributed by atoms with Crippen LogP contribution in [0.25, 0.3) is 0 Å². The molecule has 9 nitrogen and oxygen atoms in total. The second-order valence-corrected chi connectivity index (χ2v) is 8.88. The number of hydrogen-bond donors (Lipinski definition) is 0. The number of likely N-dealkylation sites (tertiary alicyclic amines) is 1. The molecule has 3 heterocycles. The number of sulfonamides is 1. The van der Waals surface area contributed by atoms with E-state index in [0.29, 0.717) is 43.9 Å². The van der Waals surface area contributed by atoms with Crippen LogP contribution in [0.5, 0.6) is 5.88 Å². The molecule has 2 amide bonds. The van der Waals surface area contributed by atoms with Crippen LogP contribution in [-0.2, 0) is 19.6 Å². The molecule has 3 rings (SSSR count). The van der Waals surface area contributed by atoms with Crippen molar-refractivity contribution in [2.45, 2.75) is 45.1 Å². The molecule has 2 saturated heterocycles. The first-order valence-electron chi connectivity index (χ1n) is 9.12. The van der Waals surface area contributed by atoms with Crippen LogP contribution in [0, 0.1) is 6.92 Å². The molecular weight excluding hydrogens is 372 g/mol. The lowest BCUT2D eigenvalue weighted by atomic mass is 10.1. The molecule has 0 bridgehead atoms. The number of piperidine rings is 2. The van der Waals surface area contributed by atoms with Crippen molar-refractivity contribution in [1.29, 1.82) is 0 Å². The minimum atomic E-state index is -3.59. The summed E-state index contributed by atoms with van der Waals surface area (Å²) in [5.74, 6) is 0.171. The van der Waals surface area contributed by atoms with Gasteiger partial charge in [-0.1, -0.05) is 0 Å². The van der Waals surface area contributed by atoms with E-state index >= 15 is 0 Å². The van der Waals surface area contributed by atoms with E-state index < -0.39 is 10.0 Å². The molecule has 2 fully saturated rings. The third-order valence-corrected chi connectivity index (χ3v) is 6.55. The first kappa shape index (κ1) is 19.7. The molecule has 0 aromatic carbocycles. The highest BCUT2D eigenvalue weighted by Gasteiger charge is 2.32. The summed E-state index contributed by atoms with van der Waals surface area (Å²) >= 11 is 0. The lowest BCUT2D eigenvalue weighted by Crippen LogP contribution is -2.48. The predicted octanol–water partition coefficient (Wildman–Crippen LogP) is 0.497. The fourth-order valence-corrected chi connectivity index (χ4v) is 4.78. The maximum atomic E-state index is 12.7. The normalized spacial score (nSPS) is 22.1. The number of aryl methyl sites for hydroxylation is 1. The van der Waals surface area contributed by atoms with Crippen LogP contribution in [-0.4, -0.2) is 70.9 Å². The molecule has 27 heavy (non-hydrogen) atoms. The summed E-state index contributed by atoms with van der Waals surface area (Å²) in [4.78, 5) is 33.0. The summed E-state index contributed by atoms with van der Waals surface area (Å²) < 4.78 is 32.6. The predicted molar refractivity (Wildman–Crippen MR) is 96.3 cm³/mol. The van der Waals surface area contributed by atoms with E-state index in [1.807, 2.05) is 0 Å².